The number of aromatic nitrogens is 1. The van der Waals surface area contributed by atoms with Crippen molar-refractivity contribution in [2.24, 2.45) is 0 Å². The molecule has 0 spiro atoms. The summed E-state index contributed by atoms with van der Waals surface area (Å²) in [7, 11) is 0. The van der Waals surface area contributed by atoms with Crippen molar-refractivity contribution in [1.29, 1.82) is 0 Å². The Labute approximate surface area is 166 Å². The van der Waals surface area contributed by atoms with E-state index in [9.17, 15) is 9.59 Å². The van der Waals surface area contributed by atoms with Crippen LogP contribution in [0.3, 0.4) is 0 Å². The van der Waals surface area contributed by atoms with Crippen LogP contribution in [0.1, 0.15) is 28.7 Å². The molecule has 0 atom stereocenters. The lowest BCUT2D eigenvalue weighted by molar-refractivity contribution is -0.121. The molecule has 1 aliphatic rings. The number of esters is 1. The van der Waals surface area contributed by atoms with Crippen LogP contribution < -0.4 is 4.90 Å². The van der Waals surface area contributed by atoms with E-state index < -0.39 is 5.97 Å². The number of aryl methyl sites for hydroxylation is 2. The molecule has 4 rings (SSSR count). The molecule has 0 N–H and O–H groups in total. The standard InChI is InChI=1S/C21H18N2O4S/c1-3-14-20(13(2)27-22-14)21(25)26-12-19(24)23-15-8-4-6-10-17(15)28-18-11-7-5-9-16(18)23/h4-11H,3,12H2,1-2H3. The van der Waals surface area contributed by atoms with Gasteiger partial charge in [-0.2, -0.15) is 0 Å². The quantitative estimate of drug-likeness (QED) is 0.605. The van der Waals surface area contributed by atoms with E-state index >= 15 is 0 Å². The van der Waals surface area contributed by atoms with Gasteiger partial charge in [-0.25, -0.2) is 4.79 Å². The molecule has 0 saturated carbocycles. The highest BCUT2D eigenvalue weighted by atomic mass is 32.2. The average molecular weight is 394 g/mol. The van der Waals surface area contributed by atoms with Crippen LogP contribution in [0.15, 0.2) is 62.8 Å². The highest BCUT2D eigenvalue weighted by Crippen LogP contribution is 2.47. The summed E-state index contributed by atoms with van der Waals surface area (Å²) in [5.74, 6) is -0.531. The Kier molecular flexibility index (Phi) is 4.92. The van der Waals surface area contributed by atoms with Gasteiger partial charge in [0, 0.05) is 9.79 Å². The van der Waals surface area contributed by atoms with E-state index in [2.05, 4.69) is 5.16 Å². The Hall–Kier alpha value is -3.06. The van der Waals surface area contributed by atoms with E-state index in [1.807, 2.05) is 55.5 Å². The molecule has 6 nitrogen and oxygen atoms in total. The molecule has 0 saturated heterocycles. The maximum atomic E-state index is 13.0. The van der Waals surface area contributed by atoms with E-state index in [0.717, 1.165) is 21.2 Å². The van der Waals surface area contributed by atoms with Gasteiger partial charge in [-0.05, 0) is 37.6 Å². The average Bonchev–Trinajstić information content (AvgIpc) is 3.10. The molecular formula is C21H18N2O4S. The van der Waals surface area contributed by atoms with Gasteiger partial charge < -0.3 is 9.26 Å². The zero-order chi connectivity index (χ0) is 19.7. The SMILES string of the molecule is CCc1noc(C)c1C(=O)OCC(=O)N1c2ccccc2Sc2ccccc21. The predicted octanol–water partition coefficient (Wildman–Crippen LogP) is 4.53. The summed E-state index contributed by atoms with van der Waals surface area (Å²) in [6, 6.07) is 15.3. The lowest BCUT2D eigenvalue weighted by Crippen LogP contribution is -2.32. The maximum absolute atomic E-state index is 13.0. The van der Waals surface area contributed by atoms with Gasteiger partial charge in [-0.15, -0.1) is 0 Å². The fraction of sp³-hybridized carbons (Fsp3) is 0.190. The number of amides is 1. The van der Waals surface area contributed by atoms with Gasteiger partial charge in [0.15, 0.2) is 6.61 Å². The molecular weight excluding hydrogens is 376 g/mol. The maximum Gasteiger partial charge on any atom is 0.344 e. The topological polar surface area (TPSA) is 72.6 Å². The van der Waals surface area contributed by atoms with E-state index in [1.54, 1.807) is 23.6 Å². The van der Waals surface area contributed by atoms with Crippen LogP contribution in [0.5, 0.6) is 0 Å². The van der Waals surface area contributed by atoms with Crippen LogP contribution in [0.4, 0.5) is 11.4 Å². The Balaban J connectivity index is 1.59. The summed E-state index contributed by atoms with van der Waals surface area (Å²) in [6.45, 7) is 3.15. The minimum atomic E-state index is -0.600. The number of carbonyl (C=O) groups excluding carboxylic acids is 2. The molecule has 28 heavy (non-hydrogen) atoms. The van der Waals surface area contributed by atoms with Crippen molar-refractivity contribution in [2.75, 3.05) is 11.5 Å². The number of para-hydroxylation sites is 2. The highest BCUT2D eigenvalue weighted by Gasteiger charge is 2.29. The van der Waals surface area contributed by atoms with Crippen LogP contribution in [0, 0.1) is 6.92 Å². The molecule has 0 aliphatic carbocycles. The minimum Gasteiger partial charge on any atom is -0.452 e. The van der Waals surface area contributed by atoms with Gasteiger partial charge in [0.05, 0.1) is 17.1 Å². The fourth-order valence-electron chi connectivity index (χ4n) is 3.16. The van der Waals surface area contributed by atoms with E-state index in [4.69, 9.17) is 9.26 Å². The lowest BCUT2D eigenvalue weighted by atomic mass is 10.1. The number of fused-ring (bicyclic) bond motifs is 2. The molecule has 1 amide bonds. The number of hydrogen-bond donors (Lipinski definition) is 0. The molecule has 142 valence electrons. The zero-order valence-electron chi connectivity index (χ0n) is 15.5. The first kappa shape index (κ1) is 18.3. The highest BCUT2D eigenvalue weighted by molar-refractivity contribution is 7.99. The summed E-state index contributed by atoms with van der Waals surface area (Å²) in [5.41, 5.74) is 2.38. The summed E-state index contributed by atoms with van der Waals surface area (Å²) in [6.07, 6.45) is 0.541. The molecule has 0 radical (unpaired) electrons. The van der Waals surface area contributed by atoms with Crippen molar-refractivity contribution < 1.29 is 18.8 Å². The van der Waals surface area contributed by atoms with Crippen LogP contribution in [-0.4, -0.2) is 23.6 Å². The van der Waals surface area contributed by atoms with Crippen molar-refractivity contribution in [3.05, 3.63) is 65.5 Å². The number of nitrogens with zero attached hydrogens (tertiary/aromatic N) is 2. The van der Waals surface area contributed by atoms with Gasteiger partial charge >= 0.3 is 5.97 Å². The van der Waals surface area contributed by atoms with Gasteiger partial charge in [-0.3, -0.25) is 9.69 Å². The lowest BCUT2D eigenvalue weighted by Gasteiger charge is -2.30. The van der Waals surface area contributed by atoms with E-state index in [0.29, 0.717) is 23.4 Å². The number of hydrogen-bond acceptors (Lipinski definition) is 6. The first-order valence-electron chi connectivity index (χ1n) is 8.91. The summed E-state index contributed by atoms with van der Waals surface area (Å²) in [4.78, 5) is 29.1. The van der Waals surface area contributed by atoms with Crippen LogP contribution >= 0.6 is 11.8 Å². The van der Waals surface area contributed by atoms with Gasteiger partial charge in [0.1, 0.15) is 11.3 Å². The van der Waals surface area contributed by atoms with Crippen molar-refractivity contribution in [3.63, 3.8) is 0 Å². The molecule has 2 aromatic carbocycles. The van der Waals surface area contributed by atoms with Crippen LogP contribution in [0.25, 0.3) is 0 Å². The van der Waals surface area contributed by atoms with Gasteiger partial charge in [0.25, 0.3) is 5.91 Å². The van der Waals surface area contributed by atoms with E-state index in [1.165, 1.54) is 0 Å². The third-order valence-electron chi connectivity index (χ3n) is 4.48. The second-order valence-electron chi connectivity index (χ2n) is 6.26. The van der Waals surface area contributed by atoms with Gasteiger partial charge in [0.2, 0.25) is 0 Å². The smallest absolute Gasteiger partial charge is 0.344 e. The van der Waals surface area contributed by atoms with Crippen molar-refractivity contribution in [3.8, 4) is 0 Å². The Morgan fingerprint density at radius 1 is 1.07 bits per heavy atom. The molecule has 2 heterocycles. The number of ether oxygens (including phenoxy) is 1. The monoisotopic (exact) mass is 394 g/mol. The van der Waals surface area contributed by atoms with Gasteiger partial charge in [-0.1, -0.05) is 48.1 Å². The molecule has 0 unspecified atom stereocenters. The van der Waals surface area contributed by atoms with Crippen molar-refractivity contribution in [2.45, 2.75) is 30.1 Å². The normalized spacial score (nSPS) is 12.3. The second kappa shape index (κ2) is 7.52. The fourth-order valence-corrected chi connectivity index (χ4v) is 4.22. The number of rotatable bonds is 4. The Morgan fingerprint density at radius 2 is 1.68 bits per heavy atom. The van der Waals surface area contributed by atoms with Crippen molar-refractivity contribution in [1.82, 2.24) is 5.16 Å². The molecule has 1 aromatic heterocycles. The molecule has 0 fully saturated rings. The predicted molar refractivity (Wildman–Crippen MR) is 105 cm³/mol. The third-order valence-corrected chi connectivity index (χ3v) is 5.61. The number of anilines is 2. The number of carbonyl (C=O) groups is 2. The largest absolute Gasteiger partial charge is 0.452 e. The Morgan fingerprint density at radius 3 is 2.29 bits per heavy atom. The zero-order valence-corrected chi connectivity index (χ0v) is 16.3. The van der Waals surface area contributed by atoms with E-state index in [-0.39, 0.29) is 12.5 Å². The van der Waals surface area contributed by atoms with Crippen LogP contribution in [0.2, 0.25) is 0 Å². The third kappa shape index (κ3) is 3.18. The summed E-state index contributed by atoms with van der Waals surface area (Å²) >= 11 is 1.61. The molecule has 7 heteroatoms. The minimum absolute atomic E-state index is 0.297. The first-order chi connectivity index (χ1) is 13.6. The Bertz CT molecular complexity index is 1010. The molecule has 1 aliphatic heterocycles. The summed E-state index contributed by atoms with van der Waals surface area (Å²) < 4.78 is 10.4. The first-order valence-corrected chi connectivity index (χ1v) is 9.73. The summed E-state index contributed by atoms with van der Waals surface area (Å²) in [5, 5.41) is 3.86. The van der Waals surface area contributed by atoms with Crippen molar-refractivity contribution >= 4 is 35.0 Å². The van der Waals surface area contributed by atoms with Crippen LogP contribution in [-0.2, 0) is 16.0 Å². The second-order valence-corrected chi connectivity index (χ2v) is 7.34. The number of benzene rings is 2. The molecule has 0 bridgehead atoms. The molecule has 3 aromatic rings.